The highest BCUT2D eigenvalue weighted by atomic mass is 127. The van der Waals surface area contributed by atoms with Crippen LogP contribution in [0.5, 0.6) is 0 Å². The van der Waals surface area contributed by atoms with Gasteiger partial charge in [-0.15, -0.1) is 24.0 Å². The van der Waals surface area contributed by atoms with Crippen molar-refractivity contribution in [2.45, 2.75) is 64.8 Å². The molecule has 0 spiro atoms. The van der Waals surface area contributed by atoms with Crippen LogP contribution in [0.3, 0.4) is 0 Å². The molecule has 8 heteroatoms. The molecule has 1 heterocycles. The fourth-order valence-electron chi connectivity index (χ4n) is 3.62. The van der Waals surface area contributed by atoms with Crippen LogP contribution in [-0.2, 0) is 16.4 Å². The van der Waals surface area contributed by atoms with Crippen molar-refractivity contribution in [2.24, 2.45) is 4.99 Å². The highest BCUT2D eigenvalue weighted by Gasteiger charge is 2.27. The van der Waals surface area contributed by atoms with E-state index in [1.54, 1.807) is 11.4 Å². The first-order valence-corrected chi connectivity index (χ1v) is 12.5. The second-order valence-corrected chi connectivity index (χ2v) is 10.2. The molecule has 2 N–H and O–H groups in total. The summed E-state index contributed by atoms with van der Waals surface area (Å²) in [4.78, 5) is 4.32. The molecule has 0 aliphatic carbocycles. The average Bonchev–Trinajstić information content (AvgIpc) is 2.71. The standard InChI is InChI=1S/C22H38N4O2S.HI/c1-5-17-29(27,28)26-15-12-21(13-16-26)25-22(23-4)24-14-6-7-19-8-10-20(11-9-19)18(2)3;/h8-11,18,21H,5-7,12-17H2,1-4H3,(H2,23,24,25);1H. The summed E-state index contributed by atoms with van der Waals surface area (Å²) >= 11 is 0. The van der Waals surface area contributed by atoms with Crippen LogP contribution in [-0.4, -0.2) is 57.2 Å². The molecule has 1 aromatic rings. The number of aryl methyl sites for hydroxylation is 1. The van der Waals surface area contributed by atoms with Crippen molar-refractivity contribution in [3.8, 4) is 0 Å². The lowest BCUT2D eigenvalue weighted by Gasteiger charge is -2.32. The van der Waals surface area contributed by atoms with Crippen LogP contribution in [0, 0.1) is 0 Å². The number of rotatable bonds is 9. The number of hydrogen-bond donors (Lipinski definition) is 2. The lowest BCUT2D eigenvalue weighted by Crippen LogP contribution is -2.50. The maximum absolute atomic E-state index is 12.2. The first-order chi connectivity index (χ1) is 13.9. The Morgan fingerprint density at radius 3 is 2.37 bits per heavy atom. The summed E-state index contributed by atoms with van der Waals surface area (Å²) in [6.07, 6.45) is 4.36. The van der Waals surface area contributed by atoms with Crippen molar-refractivity contribution >= 4 is 40.0 Å². The predicted octanol–water partition coefficient (Wildman–Crippen LogP) is 3.73. The molecule has 172 valence electrons. The predicted molar refractivity (Wildman–Crippen MR) is 137 cm³/mol. The number of halogens is 1. The van der Waals surface area contributed by atoms with Crippen LogP contribution in [0.25, 0.3) is 0 Å². The van der Waals surface area contributed by atoms with Crippen LogP contribution < -0.4 is 10.6 Å². The zero-order valence-electron chi connectivity index (χ0n) is 18.9. The fraction of sp³-hybridized carbons (Fsp3) is 0.682. The number of benzene rings is 1. The average molecular weight is 551 g/mol. The molecule has 1 aliphatic rings. The molecule has 0 radical (unpaired) electrons. The Bertz CT molecular complexity index is 743. The van der Waals surface area contributed by atoms with Gasteiger partial charge in [-0.2, -0.15) is 0 Å². The van der Waals surface area contributed by atoms with Gasteiger partial charge in [-0.25, -0.2) is 12.7 Å². The Morgan fingerprint density at radius 1 is 1.20 bits per heavy atom. The monoisotopic (exact) mass is 550 g/mol. The Kier molecular flexibility index (Phi) is 12.2. The van der Waals surface area contributed by atoms with Gasteiger partial charge in [0.2, 0.25) is 10.0 Å². The fourth-order valence-corrected chi connectivity index (χ4v) is 5.16. The van der Waals surface area contributed by atoms with E-state index in [2.05, 4.69) is 53.7 Å². The molecule has 30 heavy (non-hydrogen) atoms. The van der Waals surface area contributed by atoms with Gasteiger partial charge >= 0.3 is 0 Å². The number of nitrogens with one attached hydrogen (secondary N) is 2. The summed E-state index contributed by atoms with van der Waals surface area (Å²) in [5, 5.41) is 6.83. The van der Waals surface area contributed by atoms with Crippen molar-refractivity contribution in [1.29, 1.82) is 0 Å². The molecule has 1 fully saturated rings. The normalized spacial score (nSPS) is 16.4. The summed E-state index contributed by atoms with van der Waals surface area (Å²) in [6.45, 7) is 8.36. The molecule has 2 rings (SSSR count). The summed E-state index contributed by atoms with van der Waals surface area (Å²) in [7, 11) is -1.30. The molecule has 1 saturated heterocycles. The van der Waals surface area contributed by atoms with E-state index < -0.39 is 10.0 Å². The van der Waals surface area contributed by atoms with E-state index in [-0.39, 0.29) is 35.8 Å². The van der Waals surface area contributed by atoms with Crippen molar-refractivity contribution < 1.29 is 8.42 Å². The Morgan fingerprint density at radius 2 is 1.83 bits per heavy atom. The lowest BCUT2D eigenvalue weighted by molar-refractivity contribution is 0.306. The third-order valence-corrected chi connectivity index (χ3v) is 7.53. The minimum atomic E-state index is -3.08. The van der Waals surface area contributed by atoms with Crippen molar-refractivity contribution in [2.75, 3.05) is 32.4 Å². The van der Waals surface area contributed by atoms with Gasteiger partial charge < -0.3 is 10.6 Å². The van der Waals surface area contributed by atoms with Gasteiger partial charge in [-0.3, -0.25) is 4.99 Å². The summed E-state index contributed by atoms with van der Waals surface area (Å²) in [5.74, 6) is 1.61. The number of sulfonamides is 1. The number of nitrogens with zero attached hydrogens (tertiary/aromatic N) is 2. The highest BCUT2D eigenvalue weighted by molar-refractivity contribution is 14.0. The molecule has 6 nitrogen and oxygen atoms in total. The van der Waals surface area contributed by atoms with Gasteiger partial charge in [0, 0.05) is 32.7 Å². The van der Waals surface area contributed by atoms with Gasteiger partial charge in [-0.05, 0) is 49.1 Å². The first-order valence-electron chi connectivity index (χ1n) is 10.9. The first kappa shape index (κ1) is 27.2. The zero-order valence-corrected chi connectivity index (χ0v) is 22.0. The zero-order chi connectivity index (χ0) is 21.3. The second kappa shape index (κ2) is 13.5. The van der Waals surface area contributed by atoms with Crippen molar-refractivity contribution in [1.82, 2.24) is 14.9 Å². The minimum Gasteiger partial charge on any atom is -0.356 e. The van der Waals surface area contributed by atoms with Gasteiger partial charge in [0.15, 0.2) is 5.96 Å². The van der Waals surface area contributed by atoms with Gasteiger partial charge in [-0.1, -0.05) is 45.0 Å². The Labute approximate surface area is 200 Å². The van der Waals surface area contributed by atoms with E-state index in [0.29, 0.717) is 25.4 Å². The van der Waals surface area contributed by atoms with E-state index in [4.69, 9.17) is 0 Å². The molecule has 0 bridgehead atoms. The van der Waals surface area contributed by atoms with E-state index in [1.165, 1.54) is 11.1 Å². The number of aliphatic imine (C=N–C) groups is 1. The largest absolute Gasteiger partial charge is 0.356 e. The number of guanidine groups is 1. The molecular weight excluding hydrogens is 511 g/mol. The van der Waals surface area contributed by atoms with Crippen molar-refractivity contribution in [3.05, 3.63) is 35.4 Å². The number of hydrogen-bond acceptors (Lipinski definition) is 3. The van der Waals surface area contributed by atoms with Gasteiger partial charge in [0.1, 0.15) is 0 Å². The molecule has 0 aromatic heterocycles. The van der Waals surface area contributed by atoms with Crippen LogP contribution in [0.2, 0.25) is 0 Å². The highest BCUT2D eigenvalue weighted by Crippen LogP contribution is 2.16. The quantitative estimate of drug-likeness (QED) is 0.213. The third kappa shape index (κ3) is 8.70. The SMILES string of the molecule is CCCS(=O)(=O)N1CCC(NC(=NC)NCCCc2ccc(C(C)C)cc2)CC1.I. The van der Waals surface area contributed by atoms with E-state index in [9.17, 15) is 8.42 Å². The summed E-state index contributed by atoms with van der Waals surface area (Å²) < 4.78 is 26.0. The topological polar surface area (TPSA) is 73.8 Å². The smallest absolute Gasteiger partial charge is 0.214 e. The molecule has 0 saturated carbocycles. The second-order valence-electron chi connectivity index (χ2n) is 8.13. The molecule has 0 unspecified atom stereocenters. The summed E-state index contributed by atoms with van der Waals surface area (Å²) in [5.41, 5.74) is 2.74. The third-order valence-electron chi connectivity index (χ3n) is 5.45. The molecular formula is C22H39IN4O2S. The molecule has 1 aromatic carbocycles. The maximum Gasteiger partial charge on any atom is 0.214 e. The lowest BCUT2D eigenvalue weighted by atomic mass is 10.0. The number of piperidine rings is 1. The van der Waals surface area contributed by atoms with Crippen LogP contribution in [0.4, 0.5) is 0 Å². The van der Waals surface area contributed by atoms with E-state index in [0.717, 1.165) is 38.2 Å². The van der Waals surface area contributed by atoms with E-state index in [1.807, 2.05) is 6.92 Å². The maximum atomic E-state index is 12.2. The van der Waals surface area contributed by atoms with Crippen LogP contribution >= 0.6 is 24.0 Å². The molecule has 0 atom stereocenters. The van der Waals surface area contributed by atoms with Crippen molar-refractivity contribution in [3.63, 3.8) is 0 Å². The van der Waals surface area contributed by atoms with Crippen LogP contribution in [0.15, 0.2) is 29.3 Å². The Balaban J connectivity index is 0.00000450. The molecule has 0 amide bonds. The van der Waals surface area contributed by atoms with Gasteiger partial charge in [0.05, 0.1) is 5.75 Å². The van der Waals surface area contributed by atoms with E-state index >= 15 is 0 Å². The molecule has 1 aliphatic heterocycles. The summed E-state index contributed by atoms with van der Waals surface area (Å²) in [6, 6.07) is 9.16. The van der Waals surface area contributed by atoms with Crippen LogP contribution in [0.1, 0.15) is 63.5 Å². The minimum absolute atomic E-state index is 0. The van der Waals surface area contributed by atoms with Gasteiger partial charge in [0.25, 0.3) is 0 Å². The Hall–Kier alpha value is -0.870.